The summed E-state index contributed by atoms with van der Waals surface area (Å²) in [4.78, 5) is 19.9. The molecule has 0 radical (unpaired) electrons. The van der Waals surface area contributed by atoms with E-state index in [1.165, 1.54) is 20.3 Å². The first-order valence-corrected chi connectivity index (χ1v) is 11.2. The van der Waals surface area contributed by atoms with Crippen LogP contribution in [-0.2, 0) is 23.9 Å². The van der Waals surface area contributed by atoms with Crippen LogP contribution in [-0.4, -0.2) is 35.9 Å². The minimum atomic E-state index is -3.44. The van der Waals surface area contributed by atoms with Crippen LogP contribution in [0.15, 0.2) is 30.7 Å². The first-order valence-electron chi connectivity index (χ1n) is 10.0. The van der Waals surface area contributed by atoms with E-state index in [0.717, 1.165) is 24.4 Å². The highest BCUT2D eigenvalue weighted by molar-refractivity contribution is 7.74. The zero-order valence-corrected chi connectivity index (χ0v) is 18.6. The molecule has 3 aromatic rings. The van der Waals surface area contributed by atoms with Gasteiger partial charge in [0.25, 0.3) is 5.91 Å². The second-order valence-corrected chi connectivity index (χ2v) is 8.48. The maximum atomic E-state index is 15.7. The number of nitrogens with one attached hydrogen (secondary N) is 1. The normalized spacial score (nSPS) is 15.4. The van der Waals surface area contributed by atoms with Crippen molar-refractivity contribution in [3.63, 3.8) is 0 Å². The number of fused-ring (bicyclic) bond motifs is 1. The molecule has 1 aliphatic rings. The van der Waals surface area contributed by atoms with Gasteiger partial charge in [-0.25, -0.2) is 30.9 Å². The molecule has 0 spiro atoms. The third-order valence-corrected chi connectivity index (χ3v) is 6.45. The minimum Gasteiger partial charge on any atom is -0.354 e. The molecule has 0 bridgehead atoms. The fourth-order valence-electron chi connectivity index (χ4n) is 4.12. The summed E-state index contributed by atoms with van der Waals surface area (Å²) in [6.07, 6.45) is 3.02. The van der Waals surface area contributed by atoms with Crippen molar-refractivity contribution < 1.29 is 26.4 Å². The lowest BCUT2D eigenvalue weighted by atomic mass is 9.89. The molecular weight excluding hydrogens is 459 g/mol. The number of amides is 1. The van der Waals surface area contributed by atoms with Crippen LogP contribution in [0.1, 0.15) is 39.8 Å². The number of carbonyl (C=O) groups is 1. The van der Waals surface area contributed by atoms with Crippen LogP contribution in [0, 0.1) is 24.4 Å². The van der Waals surface area contributed by atoms with Crippen molar-refractivity contribution in [3.05, 3.63) is 70.8 Å². The number of hydrogen-bond donors (Lipinski definition) is 2. The highest BCUT2D eigenvalue weighted by Crippen LogP contribution is 2.38. The summed E-state index contributed by atoms with van der Waals surface area (Å²) in [5.74, 6) is -3.67. The molecule has 33 heavy (non-hydrogen) atoms. The van der Waals surface area contributed by atoms with E-state index in [-0.39, 0.29) is 35.1 Å². The average Bonchev–Trinajstić information content (AvgIpc) is 3.20. The molecule has 2 aromatic heterocycles. The van der Waals surface area contributed by atoms with Crippen molar-refractivity contribution in [3.8, 4) is 0 Å². The van der Waals surface area contributed by atoms with Gasteiger partial charge in [-0.2, -0.15) is 0 Å². The fraction of sp³-hybridized carbons (Fsp3) is 0.286. The molecule has 1 aliphatic heterocycles. The Hall–Kier alpha value is -3.41. The quantitative estimate of drug-likeness (QED) is 0.549. The fourth-order valence-corrected chi connectivity index (χ4v) is 4.83. The summed E-state index contributed by atoms with van der Waals surface area (Å²) in [6.45, 7) is 1.61. The lowest BCUT2D eigenvalue weighted by molar-refractivity contribution is 0.0957. The molecule has 0 fully saturated rings. The van der Waals surface area contributed by atoms with E-state index < -0.39 is 39.9 Å². The van der Waals surface area contributed by atoms with Crippen molar-refractivity contribution in [2.45, 2.75) is 32.2 Å². The summed E-state index contributed by atoms with van der Waals surface area (Å²) in [6, 6.07) is 2.91. The van der Waals surface area contributed by atoms with Gasteiger partial charge in [-0.05, 0) is 31.9 Å². The van der Waals surface area contributed by atoms with Gasteiger partial charge in [0.15, 0.2) is 5.82 Å². The lowest BCUT2D eigenvalue weighted by Crippen LogP contribution is -2.25. The Bertz CT molecular complexity index is 1320. The maximum Gasteiger partial charge on any atom is 0.271 e. The summed E-state index contributed by atoms with van der Waals surface area (Å²) in [5, 5.41) is 2.50. The van der Waals surface area contributed by atoms with Crippen LogP contribution in [0.4, 0.5) is 24.5 Å². The van der Waals surface area contributed by atoms with Gasteiger partial charge in [0.05, 0.1) is 35.3 Å². The van der Waals surface area contributed by atoms with Gasteiger partial charge in [-0.3, -0.25) is 9.78 Å². The Morgan fingerprint density at radius 3 is 2.67 bits per heavy atom. The number of aryl methyl sites for hydroxylation is 1. The second-order valence-electron chi connectivity index (χ2n) is 7.61. The van der Waals surface area contributed by atoms with Gasteiger partial charge < -0.3 is 9.88 Å². The summed E-state index contributed by atoms with van der Waals surface area (Å²) in [7, 11) is -1.96. The molecular formula is C21H20F3N5O3S. The Kier molecular flexibility index (Phi) is 6.11. The van der Waals surface area contributed by atoms with E-state index >= 15 is 4.39 Å². The first-order chi connectivity index (χ1) is 15.7. The molecule has 12 heteroatoms. The van der Waals surface area contributed by atoms with Gasteiger partial charge in [0, 0.05) is 31.1 Å². The van der Waals surface area contributed by atoms with E-state index in [4.69, 9.17) is 0 Å². The van der Waals surface area contributed by atoms with Crippen molar-refractivity contribution in [1.82, 2.24) is 19.9 Å². The third-order valence-electron chi connectivity index (χ3n) is 5.70. The summed E-state index contributed by atoms with van der Waals surface area (Å²) < 4.78 is 70.6. The molecule has 0 saturated heterocycles. The second kappa shape index (κ2) is 8.85. The number of halogens is 3. The van der Waals surface area contributed by atoms with Crippen molar-refractivity contribution in [2.24, 2.45) is 0 Å². The van der Waals surface area contributed by atoms with Gasteiger partial charge in [0.1, 0.15) is 17.3 Å². The SMILES string of the molecule is CNC(=O)c1ncn2c1CC[C@H](c1c(F)ccc(N(c3cc(F)cnc3C)[SH](=O)=O)c1F)C2. The van der Waals surface area contributed by atoms with Gasteiger partial charge in [-0.15, -0.1) is 0 Å². The molecule has 0 saturated carbocycles. The number of benzene rings is 1. The highest BCUT2D eigenvalue weighted by Gasteiger charge is 2.31. The van der Waals surface area contributed by atoms with Crippen LogP contribution in [0.25, 0.3) is 0 Å². The molecule has 1 aromatic carbocycles. The van der Waals surface area contributed by atoms with Crippen LogP contribution in [0.2, 0.25) is 0 Å². The number of imidazole rings is 1. The van der Waals surface area contributed by atoms with Gasteiger partial charge in [0.2, 0.25) is 10.9 Å². The van der Waals surface area contributed by atoms with Crippen LogP contribution < -0.4 is 9.62 Å². The number of nitrogens with zero attached hydrogens (tertiary/aromatic N) is 4. The van der Waals surface area contributed by atoms with E-state index in [1.807, 2.05) is 0 Å². The van der Waals surface area contributed by atoms with E-state index in [9.17, 15) is 22.0 Å². The molecule has 174 valence electrons. The predicted molar refractivity (Wildman–Crippen MR) is 114 cm³/mol. The van der Waals surface area contributed by atoms with Crippen LogP contribution in [0.5, 0.6) is 0 Å². The number of rotatable bonds is 5. The number of hydrogen-bond acceptors (Lipinski definition) is 5. The predicted octanol–water partition coefficient (Wildman–Crippen LogP) is 2.76. The van der Waals surface area contributed by atoms with Crippen LogP contribution >= 0.6 is 0 Å². The molecule has 0 aliphatic carbocycles. The molecule has 1 atom stereocenters. The number of anilines is 2. The Morgan fingerprint density at radius 2 is 1.97 bits per heavy atom. The standard InChI is InChI=1S/C21H20F3N5O3S/c1-11-17(7-13(22)8-26-11)29(33(31)32)15-6-4-14(23)18(19(15)24)12-3-5-16-20(21(30)25-2)27-10-28(16)9-12/h4,6-8,10,12,33H,3,5,9H2,1-2H3,(H,25,30)/t12-/m0/s1. The zero-order valence-electron chi connectivity index (χ0n) is 17.7. The van der Waals surface area contributed by atoms with E-state index in [0.29, 0.717) is 22.8 Å². The zero-order chi connectivity index (χ0) is 23.9. The molecule has 0 unspecified atom stereocenters. The molecule has 3 heterocycles. The first kappa shape index (κ1) is 22.8. The third kappa shape index (κ3) is 4.06. The van der Waals surface area contributed by atoms with Crippen LogP contribution in [0.3, 0.4) is 0 Å². The number of pyridine rings is 1. The minimum absolute atomic E-state index is 0.153. The highest BCUT2D eigenvalue weighted by atomic mass is 32.2. The lowest BCUT2D eigenvalue weighted by Gasteiger charge is -2.27. The Labute approximate surface area is 189 Å². The average molecular weight is 479 g/mol. The number of thiol groups is 1. The summed E-state index contributed by atoms with van der Waals surface area (Å²) in [5.41, 5.74) is 0.196. The number of aromatic nitrogens is 3. The summed E-state index contributed by atoms with van der Waals surface area (Å²) >= 11 is 0. The number of carbonyl (C=O) groups excluding carboxylic acids is 1. The van der Waals surface area contributed by atoms with Crippen molar-refractivity contribution in [2.75, 3.05) is 11.4 Å². The topological polar surface area (TPSA) is 97.2 Å². The van der Waals surface area contributed by atoms with Gasteiger partial charge in [-0.1, -0.05) is 0 Å². The van der Waals surface area contributed by atoms with Crippen molar-refractivity contribution >= 4 is 28.2 Å². The largest absolute Gasteiger partial charge is 0.354 e. The molecule has 1 N–H and O–H groups in total. The van der Waals surface area contributed by atoms with E-state index in [1.54, 1.807) is 4.57 Å². The molecule has 1 amide bonds. The molecule has 4 rings (SSSR count). The van der Waals surface area contributed by atoms with Crippen molar-refractivity contribution in [1.29, 1.82) is 0 Å². The van der Waals surface area contributed by atoms with E-state index in [2.05, 4.69) is 15.3 Å². The smallest absolute Gasteiger partial charge is 0.271 e. The monoisotopic (exact) mass is 479 g/mol. The Balaban J connectivity index is 1.77. The maximum absolute atomic E-state index is 15.7. The van der Waals surface area contributed by atoms with Gasteiger partial charge >= 0.3 is 0 Å². The Morgan fingerprint density at radius 1 is 1.21 bits per heavy atom. The molecule has 8 nitrogen and oxygen atoms in total.